The number of hydrogen-bond acceptors (Lipinski definition) is 5. The summed E-state index contributed by atoms with van der Waals surface area (Å²) in [5.41, 5.74) is 0.766. The first-order valence-electron chi connectivity index (χ1n) is 7.28. The van der Waals surface area contributed by atoms with Crippen LogP contribution in [0.1, 0.15) is 41.6 Å². The van der Waals surface area contributed by atoms with Crippen LogP contribution in [0, 0.1) is 0 Å². The number of carbonyl (C=O) groups is 1. The average Bonchev–Trinajstić information content (AvgIpc) is 2.85. The third-order valence-corrected chi connectivity index (χ3v) is 5.12. The van der Waals surface area contributed by atoms with Crippen LogP contribution in [0.15, 0.2) is 0 Å². The van der Waals surface area contributed by atoms with Crippen molar-refractivity contribution in [3.05, 3.63) is 10.6 Å². The molecule has 0 amide bonds. The van der Waals surface area contributed by atoms with E-state index >= 15 is 0 Å². The predicted molar refractivity (Wildman–Crippen MR) is 78.3 cm³/mol. The molecule has 0 aromatic carbocycles. The highest BCUT2D eigenvalue weighted by Crippen LogP contribution is 2.32. The zero-order valence-corrected chi connectivity index (χ0v) is 12.3. The van der Waals surface area contributed by atoms with Crippen LogP contribution in [-0.4, -0.2) is 48.4 Å². The molecule has 1 fully saturated rings. The number of fused-ring (bicyclic) bond motifs is 1. The molecule has 0 spiro atoms. The van der Waals surface area contributed by atoms with E-state index in [9.17, 15) is 4.79 Å². The lowest BCUT2D eigenvalue weighted by molar-refractivity contribution is 0.0968. The standard InChI is InChI=1S/C14H21N3OS/c1-2-6-16-7-9-17(10-8-16)14-15-13-11(18)4-3-5-12(13)19-14/h2-10H2,1H3. The van der Waals surface area contributed by atoms with Crippen molar-refractivity contribution in [1.82, 2.24) is 9.88 Å². The predicted octanol–water partition coefficient (Wildman–Crippen LogP) is 2.19. The molecule has 1 aliphatic heterocycles. The third-order valence-electron chi connectivity index (χ3n) is 3.94. The van der Waals surface area contributed by atoms with Crippen molar-refractivity contribution in [3.63, 3.8) is 0 Å². The molecule has 4 nitrogen and oxygen atoms in total. The first-order chi connectivity index (χ1) is 9.28. The number of carbonyl (C=O) groups excluding carboxylic acids is 1. The quantitative estimate of drug-likeness (QED) is 0.850. The summed E-state index contributed by atoms with van der Waals surface area (Å²) in [6.07, 6.45) is 3.94. The van der Waals surface area contributed by atoms with Crippen molar-refractivity contribution in [2.45, 2.75) is 32.6 Å². The molecule has 0 radical (unpaired) electrons. The highest BCUT2D eigenvalue weighted by atomic mass is 32.1. The van der Waals surface area contributed by atoms with Crippen molar-refractivity contribution < 1.29 is 4.79 Å². The van der Waals surface area contributed by atoms with E-state index in [-0.39, 0.29) is 5.78 Å². The van der Waals surface area contributed by atoms with Gasteiger partial charge in [0, 0.05) is 37.5 Å². The largest absolute Gasteiger partial charge is 0.346 e. The van der Waals surface area contributed by atoms with Gasteiger partial charge in [0.05, 0.1) is 0 Å². The van der Waals surface area contributed by atoms with E-state index in [1.807, 2.05) is 0 Å². The van der Waals surface area contributed by atoms with Crippen molar-refractivity contribution in [3.8, 4) is 0 Å². The van der Waals surface area contributed by atoms with Crippen molar-refractivity contribution >= 4 is 22.3 Å². The summed E-state index contributed by atoms with van der Waals surface area (Å²) in [6.45, 7) is 7.74. The second-order valence-electron chi connectivity index (χ2n) is 5.37. The smallest absolute Gasteiger partial charge is 0.186 e. The van der Waals surface area contributed by atoms with Crippen LogP contribution in [0.3, 0.4) is 0 Å². The number of aryl methyl sites for hydroxylation is 1. The molecule has 104 valence electrons. The highest BCUT2D eigenvalue weighted by Gasteiger charge is 2.25. The summed E-state index contributed by atoms with van der Waals surface area (Å²) in [4.78, 5) is 22.5. The number of anilines is 1. The van der Waals surface area contributed by atoms with Gasteiger partial charge in [-0.25, -0.2) is 4.98 Å². The van der Waals surface area contributed by atoms with Crippen molar-refractivity contribution in [2.24, 2.45) is 0 Å². The lowest BCUT2D eigenvalue weighted by Crippen LogP contribution is -2.46. The van der Waals surface area contributed by atoms with Crippen LogP contribution in [0.2, 0.25) is 0 Å². The Kier molecular flexibility index (Phi) is 3.84. The maximum absolute atomic E-state index is 11.8. The monoisotopic (exact) mass is 279 g/mol. The zero-order valence-electron chi connectivity index (χ0n) is 11.5. The van der Waals surface area contributed by atoms with Gasteiger partial charge in [-0.15, -0.1) is 11.3 Å². The number of aromatic nitrogens is 1. The number of ketones is 1. The molecule has 1 aromatic heterocycles. The summed E-state index contributed by atoms with van der Waals surface area (Å²) in [7, 11) is 0. The molecule has 0 unspecified atom stereocenters. The highest BCUT2D eigenvalue weighted by molar-refractivity contribution is 7.16. The Morgan fingerprint density at radius 1 is 1.21 bits per heavy atom. The summed E-state index contributed by atoms with van der Waals surface area (Å²) < 4.78 is 0. The van der Waals surface area contributed by atoms with Crippen LogP contribution in [0.25, 0.3) is 0 Å². The van der Waals surface area contributed by atoms with Gasteiger partial charge < -0.3 is 4.90 Å². The first kappa shape index (κ1) is 13.1. The minimum absolute atomic E-state index is 0.244. The molecule has 3 rings (SSSR count). The van der Waals surface area contributed by atoms with Gasteiger partial charge in [-0.2, -0.15) is 0 Å². The molecule has 0 N–H and O–H groups in total. The Morgan fingerprint density at radius 2 is 2.00 bits per heavy atom. The van der Waals surface area contributed by atoms with Gasteiger partial charge in [-0.1, -0.05) is 6.92 Å². The lowest BCUT2D eigenvalue weighted by atomic mass is 10.0. The maximum atomic E-state index is 11.8. The van der Waals surface area contributed by atoms with Gasteiger partial charge in [0.15, 0.2) is 10.9 Å². The molecule has 2 heterocycles. The molecule has 1 aliphatic carbocycles. The van der Waals surface area contributed by atoms with Gasteiger partial charge in [0.1, 0.15) is 5.69 Å². The van der Waals surface area contributed by atoms with Crippen molar-refractivity contribution in [2.75, 3.05) is 37.6 Å². The second kappa shape index (κ2) is 5.59. The van der Waals surface area contributed by atoms with Gasteiger partial charge in [-0.3, -0.25) is 9.69 Å². The topological polar surface area (TPSA) is 36.4 Å². The van der Waals surface area contributed by atoms with Crippen LogP contribution in [-0.2, 0) is 6.42 Å². The van der Waals surface area contributed by atoms with E-state index < -0.39 is 0 Å². The van der Waals surface area contributed by atoms with Crippen LogP contribution >= 0.6 is 11.3 Å². The SMILES string of the molecule is CCCN1CCN(c2nc3c(s2)CCCC3=O)CC1. The fraction of sp³-hybridized carbons (Fsp3) is 0.714. The fourth-order valence-corrected chi connectivity index (χ4v) is 4.04. The molecule has 0 atom stereocenters. The number of thiazole rings is 1. The van der Waals surface area contributed by atoms with E-state index in [0.717, 1.165) is 49.8 Å². The van der Waals surface area contributed by atoms with Gasteiger partial charge in [0.25, 0.3) is 0 Å². The third kappa shape index (κ3) is 2.67. The number of nitrogens with zero attached hydrogens (tertiary/aromatic N) is 3. The Morgan fingerprint density at radius 3 is 2.68 bits per heavy atom. The number of piperazine rings is 1. The number of Topliss-reactive ketones (excluding diaryl/α,β-unsaturated/α-hetero) is 1. The van der Waals surface area contributed by atoms with Crippen LogP contribution in [0.4, 0.5) is 5.13 Å². The fourth-order valence-electron chi connectivity index (χ4n) is 2.87. The lowest BCUT2D eigenvalue weighted by Gasteiger charge is -2.34. The van der Waals surface area contributed by atoms with Gasteiger partial charge >= 0.3 is 0 Å². The van der Waals surface area contributed by atoms with E-state index in [1.165, 1.54) is 17.8 Å². The first-order valence-corrected chi connectivity index (χ1v) is 8.10. The average molecular weight is 279 g/mol. The molecule has 1 saturated heterocycles. The molecular formula is C14H21N3OS. The Hall–Kier alpha value is -0.940. The minimum Gasteiger partial charge on any atom is -0.346 e. The summed E-state index contributed by atoms with van der Waals surface area (Å²) >= 11 is 1.74. The molecule has 0 bridgehead atoms. The van der Waals surface area contributed by atoms with Crippen LogP contribution < -0.4 is 4.90 Å². The zero-order chi connectivity index (χ0) is 13.2. The normalized spacial score (nSPS) is 20.7. The van der Waals surface area contributed by atoms with Gasteiger partial charge in [-0.05, 0) is 25.8 Å². The number of hydrogen-bond donors (Lipinski definition) is 0. The van der Waals surface area contributed by atoms with E-state index in [1.54, 1.807) is 11.3 Å². The van der Waals surface area contributed by atoms with E-state index in [0.29, 0.717) is 6.42 Å². The minimum atomic E-state index is 0.244. The molecule has 0 saturated carbocycles. The maximum Gasteiger partial charge on any atom is 0.186 e. The summed E-state index contributed by atoms with van der Waals surface area (Å²) in [5.74, 6) is 0.244. The molecule has 19 heavy (non-hydrogen) atoms. The summed E-state index contributed by atoms with van der Waals surface area (Å²) in [5, 5.41) is 1.07. The van der Waals surface area contributed by atoms with E-state index in [2.05, 4.69) is 21.7 Å². The molecule has 1 aromatic rings. The Balaban J connectivity index is 1.69. The molecule has 2 aliphatic rings. The molecular weight excluding hydrogens is 258 g/mol. The van der Waals surface area contributed by atoms with Crippen LogP contribution in [0.5, 0.6) is 0 Å². The molecule has 5 heteroatoms. The summed E-state index contributed by atoms with van der Waals surface area (Å²) in [6, 6.07) is 0. The Bertz CT molecular complexity index is 463. The number of rotatable bonds is 3. The Labute approximate surface area is 118 Å². The van der Waals surface area contributed by atoms with Crippen molar-refractivity contribution in [1.29, 1.82) is 0 Å². The van der Waals surface area contributed by atoms with E-state index in [4.69, 9.17) is 0 Å². The second-order valence-corrected chi connectivity index (χ2v) is 6.44. The van der Waals surface area contributed by atoms with Gasteiger partial charge in [0.2, 0.25) is 0 Å².